The van der Waals surface area contributed by atoms with Crippen molar-refractivity contribution in [2.75, 3.05) is 14.2 Å². The van der Waals surface area contributed by atoms with E-state index in [-0.39, 0.29) is 6.29 Å². The maximum Gasteiger partial charge on any atom is 0.158 e. The molecule has 0 bridgehead atoms. The van der Waals surface area contributed by atoms with Gasteiger partial charge in [-0.25, -0.2) is 0 Å². The molecule has 0 unspecified atom stereocenters. The Hall–Kier alpha value is -0.580. The molecule has 1 aromatic heterocycles. The van der Waals surface area contributed by atoms with Gasteiger partial charge in [-0.1, -0.05) is 11.6 Å². The van der Waals surface area contributed by atoms with Crippen molar-refractivity contribution in [2.45, 2.75) is 19.3 Å². The molecule has 0 aliphatic heterocycles. The molecule has 0 fully saturated rings. The van der Waals surface area contributed by atoms with Crippen LogP contribution in [-0.2, 0) is 16.0 Å². The second kappa shape index (κ2) is 5.21. The first-order valence-corrected chi connectivity index (χ1v) is 4.38. The minimum absolute atomic E-state index is 0.194. The van der Waals surface area contributed by atoms with E-state index >= 15 is 0 Å². The Morgan fingerprint density at radius 3 is 2.69 bits per heavy atom. The molecule has 0 radical (unpaired) electrons. The van der Waals surface area contributed by atoms with Crippen molar-refractivity contribution in [2.24, 2.45) is 0 Å². The number of aromatic nitrogens is 2. The number of rotatable bonds is 5. The summed E-state index contributed by atoms with van der Waals surface area (Å²) in [5.41, 5.74) is 0. The lowest BCUT2D eigenvalue weighted by molar-refractivity contribution is -0.108. The van der Waals surface area contributed by atoms with Crippen LogP contribution in [0.4, 0.5) is 0 Å². The van der Waals surface area contributed by atoms with E-state index in [1.54, 1.807) is 31.2 Å². The Kier molecular flexibility index (Phi) is 4.21. The largest absolute Gasteiger partial charge is 0.356 e. The fraction of sp³-hybridized carbons (Fsp3) is 0.625. The van der Waals surface area contributed by atoms with Crippen LogP contribution in [0.1, 0.15) is 6.42 Å². The summed E-state index contributed by atoms with van der Waals surface area (Å²) in [6, 6.07) is 1.75. The standard InChI is InChI=1S/C8H13ClN2O2/c1-12-8(13-2)4-6-11-7(9)3-5-10-11/h3,5,8H,4,6H2,1-2H3. The Bertz CT molecular complexity index is 248. The van der Waals surface area contributed by atoms with Gasteiger partial charge < -0.3 is 9.47 Å². The van der Waals surface area contributed by atoms with Crippen LogP contribution in [0.5, 0.6) is 0 Å². The first-order chi connectivity index (χ1) is 6.27. The zero-order valence-corrected chi connectivity index (χ0v) is 8.49. The van der Waals surface area contributed by atoms with Crippen LogP contribution >= 0.6 is 11.6 Å². The average Bonchev–Trinajstić information content (AvgIpc) is 2.54. The van der Waals surface area contributed by atoms with Gasteiger partial charge in [0.1, 0.15) is 5.15 Å². The summed E-state index contributed by atoms with van der Waals surface area (Å²) in [5.74, 6) is 0. The summed E-state index contributed by atoms with van der Waals surface area (Å²) >= 11 is 5.83. The molecule has 4 nitrogen and oxygen atoms in total. The van der Waals surface area contributed by atoms with Crippen LogP contribution < -0.4 is 0 Å². The molecule has 13 heavy (non-hydrogen) atoms. The molecule has 1 rings (SSSR count). The second-order valence-electron chi connectivity index (χ2n) is 2.57. The van der Waals surface area contributed by atoms with Crippen LogP contribution in [0.3, 0.4) is 0 Å². The molecule has 0 amide bonds. The smallest absolute Gasteiger partial charge is 0.158 e. The lowest BCUT2D eigenvalue weighted by atomic mass is 10.4. The van der Waals surface area contributed by atoms with Crippen molar-refractivity contribution in [3.05, 3.63) is 17.4 Å². The predicted molar refractivity (Wildman–Crippen MR) is 49.7 cm³/mol. The van der Waals surface area contributed by atoms with Crippen LogP contribution in [0.15, 0.2) is 12.3 Å². The molecule has 74 valence electrons. The van der Waals surface area contributed by atoms with Crippen molar-refractivity contribution in [3.8, 4) is 0 Å². The molecule has 1 aromatic rings. The van der Waals surface area contributed by atoms with Crippen molar-refractivity contribution in [1.82, 2.24) is 9.78 Å². The third-order valence-corrected chi connectivity index (χ3v) is 2.09. The van der Waals surface area contributed by atoms with E-state index in [0.717, 1.165) is 6.42 Å². The monoisotopic (exact) mass is 204 g/mol. The topological polar surface area (TPSA) is 36.3 Å². The highest BCUT2D eigenvalue weighted by atomic mass is 35.5. The Balaban J connectivity index is 2.38. The average molecular weight is 205 g/mol. The van der Waals surface area contributed by atoms with E-state index in [2.05, 4.69) is 5.10 Å². The minimum atomic E-state index is -0.194. The van der Waals surface area contributed by atoms with Crippen molar-refractivity contribution < 1.29 is 9.47 Å². The van der Waals surface area contributed by atoms with Gasteiger partial charge in [-0.2, -0.15) is 5.10 Å². The van der Waals surface area contributed by atoms with Gasteiger partial charge >= 0.3 is 0 Å². The number of aryl methyl sites for hydroxylation is 1. The fourth-order valence-electron chi connectivity index (χ4n) is 1.04. The van der Waals surface area contributed by atoms with E-state index in [9.17, 15) is 0 Å². The van der Waals surface area contributed by atoms with E-state index in [0.29, 0.717) is 11.7 Å². The van der Waals surface area contributed by atoms with Gasteiger partial charge in [0.2, 0.25) is 0 Å². The maximum absolute atomic E-state index is 5.83. The molecular weight excluding hydrogens is 192 g/mol. The molecule has 0 N–H and O–H groups in total. The van der Waals surface area contributed by atoms with Crippen LogP contribution in [-0.4, -0.2) is 30.3 Å². The molecule has 0 atom stereocenters. The van der Waals surface area contributed by atoms with Crippen LogP contribution in [0, 0.1) is 0 Å². The second-order valence-corrected chi connectivity index (χ2v) is 2.95. The van der Waals surface area contributed by atoms with Gasteiger partial charge in [0, 0.05) is 27.2 Å². The lowest BCUT2D eigenvalue weighted by Crippen LogP contribution is -2.16. The van der Waals surface area contributed by atoms with Gasteiger partial charge in [0.05, 0.1) is 6.20 Å². The third-order valence-electron chi connectivity index (χ3n) is 1.77. The van der Waals surface area contributed by atoms with Crippen LogP contribution in [0.2, 0.25) is 5.15 Å². The molecule has 5 heteroatoms. The SMILES string of the molecule is COC(CCn1nccc1Cl)OC. The number of halogens is 1. The first-order valence-electron chi connectivity index (χ1n) is 4.01. The quantitative estimate of drug-likeness (QED) is 0.683. The van der Waals surface area contributed by atoms with Crippen molar-refractivity contribution in [3.63, 3.8) is 0 Å². The Labute approximate surface area is 82.4 Å². The Morgan fingerprint density at radius 1 is 1.54 bits per heavy atom. The van der Waals surface area contributed by atoms with Gasteiger partial charge in [-0.05, 0) is 6.07 Å². The molecule has 0 saturated heterocycles. The lowest BCUT2D eigenvalue weighted by Gasteiger charge is -2.12. The van der Waals surface area contributed by atoms with Crippen LogP contribution in [0.25, 0.3) is 0 Å². The number of ether oxygens (including phenoxy) is 2. The number of methoxy groups -OCH3 is 2. The third kappa shape index (κ3) is 2.99. The Morgan fingerprint density at radius 2 is 2.23 bits per heavy atom. The van der Waals surface area contributed by atoms with Crippen molar-refractivity contribution in [1.29, 1.82) is 0 Å². The molecule has 0 aliphatic carbocycles. The van der Waals surface area contributed by atoms with Gasteiger partial charge in [-0.3, -0.25) is 4.68 Å². The first kappa shape index (κ1) is 10.5. The summed E-state index contributed by atoms with van der Waals surface area (Å²) in [4.78, 5) is 0. The number of hydrogen-bond donors (Lipinski definition) is 0. The molecule has 1 heterocycles. The van der Waals surface area contributed by atoms with E-state index < -0.39 is 0 Å². The van der Waals surface area contributed by atoms with Gasteiger partial charge in [0.25, 0.3) is 0 Å². The fourth-order valence-corrected chi connectivity index (χ4v) is 1.23. The summed E-state index contributed by atoms with van der Waals surface area (Å²) < 4.78 is 11.8. The molecule has 0 saturated carbocycles. The summed E-state index contributed by atoms with van der Waals surface area (Å²) in [7, 11) is 3.22. The normalized spacial score (nSPS) is 11.1. The zero-order valence-electron chi connectivity index (χ0n) is 7.74. The maximum atomic E-state index is 5.83. The van der Waals surface area contributed by atoms with E-state index in [1.165, 1.54) is 0 Å². The highest BCUT2D eigenvalue weighted by Crippen LogP contribution is 2.08. The molecular formula is C8H13ClN2O2. The highest BCUT2D eigenvalue weighted by molar-refractivity contribution is 6.29. The van der Waals surface area contributed by atoms with Crippen molar-refractivity contribution >= 4 is 11.6 Å². The predicted octanol–water partition coefficient (Wildman–Crippen LogP) is 1.55. The van der Waals surface area contributed by atoms with Gasteiger partial charge in [0.15, 0.2) is 6.29 Å². The number of nitrogens with zero attached hydrogens (tertiary/aromatic N) is 2. The number of hydrogen-bond acceptors (Lipinski definition) is 3. The van der Waals surface area contributed by atoms with E-state index in [1.807, 2.05) is 0 Å². The minimum Gasteiger partial charge on any atom is -0.356 e. The summed E-state index contributed by atoms with van der Waals surface area (Å²) in [6.45, 7) is 0.693. The summed E-state index contributed by atoms with van der Waals surface area (Å²) in [6.07, 6.45) is 2.20. The molecule has 0 spiro atoms. The van der Waals surface area contributed by atoms with E-state index in [4.69, 9.17) is 21.1 Å². The van der Waals surface area contributed by atoms with Gasteiger partial charge in [-0.15, -0.1) is 0 Å². The summed E-state index contributed by atoms with van der Waals surface area (Å²) in [5, 5.41) is 4.66. The zero-order chi connectivity index (χ0) is 9.68. The molecule has 0 aromatic carbocycles. The molecule has 0 aliphatic rings. The highest BCUT2D eigenvalue weighted by Gasteiger charge is 2.06.